The van der Waals surface area contributed by atoms with Crippen LogP contribution in [0.5, 0.6) is 0 Å². The van der Waals surface area contributed by atoms with Crippen LogP contribution in [0.25, 0.3) is 11.0 Å². The summed E-state index contributed by atoms with van der Waals surface area (Å²) in [6.07, 6.45) is 6.18. The summed E-state index contributed by atoms with van der Waals surface area (Å²) in [4.78, 5) is 25.5. The Hall–Kier alpha value is -3.08. The van der Waals surface area contributed by atoms with E-state index in [1.54, 1.807) is 18.2 Å². The molecule has 0 bridgehead atoms. The molecule has 2 aromatic carbocycles. The third kappa shape index (κ3) is 4.34. The van der Waals surface area contributed by atoms with Crippen molar-refractivity contribution in [1.82, 2.24) is 0 Å². The molecule has 2 N–H and O–H groups in total. The molecule has 1 aliphatic rings. The molecular formula is C24H26N2O3. The van der Waals surface area contributed by atoms with E-state index in [9.17, 15) is 9.59 Å². The van der Waals surface area contributed by atoms with Gasteiger partial charge in [-0.1, -0.05) is 49.1 Å². The van der Waals surface area contributed by atoms with Crippen molar-refractivity contribution in [2.24, 2.45) is 5.92 Å². The van der Waals surface area contributed by atoms with Gasteiger partial charge in [0.25, 0.3) is 5.91 Å². The minimum Gasteiger partial charge on any atom is -0.421 e. The second kappa shape index (κ2) is 8.52. The van der Waals surface area contributed by atoms with Gasteiger partial charge in [-0.2, -0.15) is 0 Å². The predicted molar refractivity (Wildman–Crippen MR) is 117 cm³/mol. The number of rotatable bonds is 5. The van der Waals surface area contributed by atoms with Gasteiger partial charge in [-0.05, 0) is 49.9 Å². The molecule has 5 nitrogen and oxygen atoms in total. The minimum absolute atomic E-state index is 0.172. The third-order valence-electron chi connectivity index (χ3n) is 5.62. The first-order valence-corrected chi connectivity index (χ1v) is 10.3. The number of para-hydroxylation sites is 1. The van der Waals surface area contributed by atoms with Gasteiger partial charge in [0.05, 0.1) is 5.69 Å². The SMILES string of the molecule is Cc1cccc(C(=O)Nc2c(NCC3CCCCC3)c3ccccc3oc2=O)c1. The summed E-state index contributed by atoms with van der Waals surface area (Å²) in [7, 11) is 0. The fourth-order valence-electron chi connectivity index (χ4n) is 4.06. The van der Waals surface area contributed by atoms with Crippen molar-refractivity contribution >= 4 is 28.3 Å². The Bertz CT molecular complexity index is 1080. The summed E-state index contributed by atoms with van der Waals surface area (Å²) in [6.45, 7) is 2.71. The van der Waals surface area contributed by atoms with Gasteiger partial charge < -0.3 is 15.1 Å². The first kappa shape index (κ1) is 19.2. The minimum atomic E-state index is -0.546. The lowest BCUT2D eigenvalue weighted by molar-refractivity contribution is 0.102. The molecule has 3 aromatic rings. The molecule has 1 aliphatic carbocycles. The molecule has 0 saturated heterocycles. The Labute approximate surface area is 170 Å². The van der Waals surface area contributed by atoms with E-state index in [1.807, 2.05) is 37.3 Å². The number of fused-ring (bicyclic) bond motifs is 1. The normalized spacial score (nSPS) is 14.7. The van der Waals surface area contributed by atoms with Gasteiger partial charge in [0.1, 0.15) is 5.58 Å². The fraction of sp³-hybridized carbons (Fsp3) is 0.333. The van der Waals surface area contributed by atoms with E-state index in [1.165, 1.54) is 32.1 Å². The number of nitrogens with one attached hydrogen (secondary N) is 2. The highest BCUT2D eigenvalue weighted by molar-refractivity contribution is 6.08. The van der Waals surface area contributed by atoms with Crippen LogP contribution in [0.2, 0.25) is 0 Å². The van der Waals surface area contributed by atoms with Crippen LogP contribution in [0.4, 0.5) is 11.4 Å². The Morgan fingerprint density at radius 1 is 1.03 bits per heavy atom. The standard InChI is InChI=1S/C24H26N2O3/c1-16-8-7-11-18(14-16)23(27)26-22-21(25-15-17-9-3-2-4-10-17)19-12-5-6-13-20(19)29-24(22)28/h5-8,11-14,17,25H,2-4,9-10,15H2,1H3,(H,26,27). The Kier molecular flexibility index (Phi) is 5.65. The molecule has 1 heterocycles. The summed E-state index contributed by atoms with van der Waals surface area (Å²) in [5.74, 6) is 0.257. The second-order valence-electron chi connectivity index (χ2n) is 7.84. The topological polar surface area (TPSA) is 71.3 Å². The van der Waals surface area contributed by atoms with Crippen LogP contribution in [0.1, 0.15) is 48.0 Å². The molecule has 4 rings (SSSR count). The van der Waals surface area contributed by atoms with Crippen LogP contribution in [0, 0.1) is 12.8 Å². The largest absolute Gasteiger partial charge is 0.421 e. The van der Waals surface area contributed by atoms with E-state index < -0.39 is 5.63 Å². The van der Waals surface area contributed by atoms with Gasteiger partial charge in [0, 0.05) is 17.5 Å². The fourth-order valence-corrected chi connectivity index (χ4v) is 4.06. The molecule has 5 heteroatoms. The lowest BCUT2D eigenvalue weighted by atomic mass is 9.89. The van der Waals surface area contributed by atoms with Crippen molar-refractivity contribution in [2.75, 3.05) is 17.2 Å². The molecule has 1 aromatic heterocycles. The monoisotopic (exact) mass is 390 g/mol. The Morgan fingerprint density at radius 2 is 1.83 bits per heavy atom. The molecule has 0 aliphatic heterocycles. The smallest absolute Gasteiger partial charge is 0.362 e. The number of benzene rings is 2. The maximum atomic E-state index is 12.8. The number of hydrogen-bond acceptors (Lipinski definition) is 4. The molecule has 0 spiro atoms. The maximum Gasteiger partial charge on any atom is 0.362 e. The second-order valence-corrected chi connectivity index (χ2v) is 7.84. The summed E-state index contributed by atoms with van der Waals surface area (Å²) >= 11 is 0. The lowest BCUT2D eigenvalue weighted by Gasteiger charge is -2.23. The van der Waals surface area contributed by atoms with Crippen LogP contribution in [0.15, 0.2) is 57.7 Å². The molecule has 1 fully saturated rings. The molecule has 0 radical (unpaired) electrons. The van der Waals surface area contributed by atoms with Gasteiger partial charge in [-0.3, -0.25) is 4.79 Å². The highest BCUT2D eigenvalue weighted by Crippen LogP contribution is 2.31. The first-order chi connectivity index (χ1) is 14.1. The van der Waals surface area contributed by atoms with Crippen molar-refractivity contribution in [1.29, 1.82) is 0 Å². The summed E-state index contributed by atoms with van der Waals surface area (Å²) < 4.78 is 5.48. The summed E-state index contributed by atoms with van der Waals surface area (Å²) in [5, 5.41) is 7.05. The molecule has 150 valence electrons. The van der Waals surface area contributed by atoms with Gasteiger partial charge >= 0.3 is 5.63 Å². The van der Waals surface area contributed by atoms with Gasteiger partial charge in [0.2, 0.25) is 0 Å². The van der Waals surface area contributed by atoms with Crippen molar-refractivity contribution in [3.8, 4) is 0 Å². The van der Waals surface area contributed by atoms with E-state index in [0.29, 0.717) is 22.8 Å². The number of carbonyl (C=O) groups excluding carboxylic acids is 1. The van der Waals surface area contributed by atoms with Crippen LogP contribution in [0.3, 0.4) is 0 Å². The molecule has 1 amide bonds. The van der Waals surface area contributed by atoms with Gasteiger partial charge in [-0.15, -0.1) is 0 Å². The number of aryl methyl sites for hydroxylation is 1. The predicted octanol–water partition coefficient (Wildman–Crippen LogP) is 5.35. The van der Waals surface area contributed by atoms with E-state index in [4.69, 9.17) is 4.42 Å². The van der Waals surface area contributed by atoms with E-state index in [-0.39, 0.29) is 11.6 Å². The maximum absolute atomic E-state index is 12.8. The highest BCUT2D eigenvalue weighted by atomic mass is 16.4. The average Bonchev–Trinajstić information content (AvgIpc) is 2.74. The molecule has 0 atom stereocenters. The van der Waals surface area contributed by atoms with Crippen LogP contribution >= 0.6 is 0 Å². The van der Waals surface area contributed by atoms with E-state index >= 15 is 0 Å². The lowest BCUT2D eigenvalue weighted by Crippen LogP contribution is -2.23. The zero-order valence-electron chi connectivity index (χ0n) is 16.7. The van der Waals surface area contributed by atoms with E-state index in [2.05, 4.69) is 10.6 Å². The van der Waals surface area contributed by atoms with Crippen LogP contribution < -0.4 is 16.3 Å². The average molecular weight is 390 g/mol. The number of anilines is 2. The van der Waals surface area contributed by atoms with Gasteiger partial charge in [0.15, 0.2) is 5.69 Å². The molecular weight excluding hydrogens is 364 g/mol. The van der Waals surface area contributed by atoms with Crippen molar-refractivity contribution < 1.29 is 9.21 Å². The number of carbonyl (C=O) groups is 1. The van der Waals surface area contributed by atoms with Crippen LogP contribution in [-0.4, -0.2) is 12.5 Å². The highest BCUT2D eigenvalue weighted by Gasteiger charge is 2.20. The summed E-state index contributed by atoms with van der Waals surface area (Å²) in [5.41, 5.74) is 2.28. The quantitative estimate of drug-likeness (QED) is 0.577. The Morgan fingerprint density at radius 3 is 2.62 bits per heavy atom. The molecule has 29 heavy (non-hydrogen) atoms. The zero-order valence-corrected chi connectivity index (χ0v) is 16.7. The third-order valence-corrected chi connectivity index (χ3v) is 5.62. The summed E-state index contributed by atoms with van der Waals surface area (Å²) in [6, 6.07) is 14.7. The van der Waals surface area contributed by atoms with E-state index in [0.717, 1.165) is 17.5 Å². The molecule has 1 saturated carbocycles. The van der Waals surface area contributed by atoms with Crippen molar-refractivity contribution in [3.05, 3.63) is 70.1 Å². The van der Waals surface area contributed by atoms with Crippen LogP contribution in [-0.2, 0) is 0 Å². The van der Waals surface area contributed by atoms with Crippen molar-refractivity contribution in [2.45, 2.75) is 39.0 Å². The number of hydrogen-bond donors (Lipinski definition) is 2. The Balaban J connectivity index is 1.68. The zero-order chi connectivity index (χ0) is 20.2. The number of amides is 1. The van der Waals surface area contributed by atoms with Crippen molar-refractivity contribution in [3.63, 3.8) is 0 Å². The molecule has 0 unspecified atom stereocenters. The van der Waals surface area contributed by atoms with Gasteiger partial charge in [-0.25, -0.2) is 4.79 Å². The first-order valence-electron chi connectivity index (χ1n) is 10.3.